The molecule has 0 aromatic heterocycles. The first kappa shape index (κ1) is 25.1. The van der Waals surface area contributed by atoms with Crippen LogP contribution in [0.25, 0.3) is 0 Å². The molecule has 2 aromatic carbocycles. The highest BCUT2D eigenvalue weighted by Crippen LogP contribution is 2.32. The highest BCUT2D eigenvalue weighted by molar-refractivity contribution is 14.0. The van der Waals surface area contributed by atoms with Crippen molar-refractivity contribution in [3.05, 3.63) is 59.7 Å². The Balaban J connectivity index is 0.00000306. The smallest absolute Gasteiger partial charge is 0.231 e. The lowest BCUT2D eigenvalue weighted by atomic mass is 10.1. The normalized spacial score (nSPS) is 17.1. The van der Waals surface area contributed by atoms with Crippen LogP contribution in [0.4, 0.5) is 0 Å². The molecule has 1 amide bonds. The van der Waals surface area contributed by atoms with Crippen molar-refractivity contribution >= 4 is 35.8 Å². The maximum Gasteiger partial charge on any atom is 0.231 e. The maximum absolute atomic E-state index is 12.4. The summed E-state index contributed by atoms with van der Waals surface area (Å²) in [6.45, 7) is 6.11. The molecule has 0 saturated carbocycles. The number of aliphatic imine (C=N–C) groups is 1. The fraction of sp³-hybridized carbons (Fsp3) is 0.440. The zero-order valence-corrected chi connectivity index (χ0v) is 21.4. The number of likely N-dealkylation sites (tertiary alicyclic amines) is 1. The van der Waals surface area contributed by atoms with Crippen LogP contribution in [0.2, 0.25) is 0 Å². The average Bonchev–Trinajstić information content (AvgIpc) is 3.42. The predicted molar refractivity (Wildman–Crippen MR) is 140 cm³/mol. The van der Waals surface area contributed by atoms with Crippen LogP contribution in [0.3, 0.4) is 0 Å². The van der Waals surface area contributed by atoms with E-state index in [-0.39, 0.29) is 35.8 Å². The van der Waals surface area contributed by atoms with Crippen LogP contribution in [0, 0.1) is 5.92 Å². The molecule has 7 nitrogen and oxygen atoms in total. The second-order valence-electron chi connectivity index (χ2n) is 8.23. The maximum atomic E-state index is 12.4. The van der Waals surface area contributed by atoms with Crippen molar-refractivity contribution in [2.24, 2.45) is 10.9 Å². The Labute approximate surface area is 213 Å². The monoisotopic (exact) mass is 564 g/mol. The van der Waals surface area contributed by atoms with Gasteiger partial charge in [0.25, 0.3) is 0 Å². The number of nitrogens with zero attached hydrogens (tertiary/aromatic N) is 2. The second-order valence-corrected chi connectivity index (χ2v) is 8.23. The number of rotatable bonds is 9. The summed E-state index contributed by atoms with van der Waals surface area (Å²) < 4.78 is 10.8. The third-order valence-corrected chi connectivity index (χ3v) is 5.80. The first-order valence-corrected chi connectivity index (χ1v) is 11.4. The van der Waals surface area contributed by atoms with Gasteiger partial charge in [-0.05, 0) is 43.0 Å². The van der Waals surface area contributed by atoms with E-state index in [2.05, 4.69) is 35.8 Å². The third kappa shape index (κ3) is 7.25. The van der Waals surface area contributed by atoms with E-state index in [9.17, 15) is 4.79 Å². The Bertz CT molecular complexity index is 939. The minimum Gasteiger partial charge on any atom is -0.454 e. The van der Waals surface area contributed by atoms with Gasteiger partial charge in [0.1, 0.15) is 0 Å². The summed E-state index contributed by atoms with van der Waals surface area (Å²) in [4.78, 5) is 19.1. The van der Waals surface area contributed by atoms with Crippen LogP contribution in [0.1, 0.15) is 24.5 Å². The van der Waals surface area contributed by atoms with Gasteiger partial charge in [-0.25, -0.2) is 0 Å². The molecule has 2 N–H and O–H groups in total. The molecule has 8 heteroatoms. The molecule has 178 valence electrons. The molecule has 4 rings (SSSR count). The number of guanidine groups is 1. The number of fused-ring (bicyclic) bond motifs is 1. The van der Waals surface area contributed by atoms with Crippen LogP contribution < -0.4 is 20.1 Å². The van der Waals surface area contributed by atoms with Crippen molar-refractivity contribution in [3.8, 4) is 11.5 Å². The second kappa shape index (κ2) is 12.7. The molecule has 2 aliphatic rings. The number of hydrogen-bond acceptors (Lipinski definition) is 4. The Morgan fingerprint density at radius 1 is 1.06 bits per heavy atom. The molecule has 1 fully saturated rings. The topological polar surface area (TPSA) is 75.2 Å². The first-order valence-electron chi connectivity index (χ1n) is 11.4. The van der Waals surface area contributed by atoms with Gasteiger partial charge in [-0.3, -0.25) is 9.79 Å². The van der Waals surface area contributed by atoms with E-state index in [4.69, 9.17) is 14.5 Å². The highest BCUT2D eigenvalue weighted by Gasteiger charge is 2.29. The van der Waals surface area contributed by atoms with E-state index in [1.54, 1.807) is 0 Å². The number of benzene rings is 2. The fourth-order valence-electron chi connectivity index (χ4n) is 4.08. The molecule has 1 unspecified atom stereocenters. The lowest BCUT2D eigenvalue weighted by Crippen LogP contribution is -2.38. The van der Waals surface area contributed by atoms with Crippen molar-refractivity contribution in [3.63, 3.8) is 0 Å². The van der Waals surface area contributed by atoms with E-state index in [1.807, 2.05) is 35.2 Å². The molecular formula is C25H33IN4O3. The minimum atomic E-state index is 0. The summed E-state index contributed by atoms with van der Waals surface area (Å²) in [5.41, 5.74) is 2.45. The largest absolute Gasteiger partial charge is 0.454 e. The van der Waals surface area contributed by atoms with Crippen molar-refractivity contribution < 1.29 is 14.3 Å². The SMILES string of the molecule is CCNC(=NCC1CC(=O)N(CCc2ccccc2)C1)NCCc1ccc2c(c1)OCO2.I. The van der Waals surface area contributed by atoms with E-state index in [1.165, 1.54) is 11.1 Å². The number of ether oxygens (including phenoxy) is 2. The summed E-state index contributed by atoms with van der Waals surface area (Å²) in [6, 6.07) is 16.4. The van der Waals surface area contributed by atoms with Gasteiger partial charge >= 0.3 is 0 Å². The van der Waals surface area contributed by atoms with Gasteiger partial charge < -0.3 is 25.0 Å². The van der Waals surface area contributed by atoms with Crippen molar-refractivity contribution in [1.82, 2.24) is 15.5 Å². The summed E-state index contributed by atoms with van der Waals surface area (Å²) in [6.07, 6.45) is 2.33. The van der Waals surface area contributed by atoms with Crippen LogP contribution in [-0.4, -0.2) is 56.3 Å². The molecule has 33 heavy (non-hydrogen) atoms. The van der Waals surface area contributed by atoms with E-state index in [0.29, 0.717) is 19.8 Å². The van der Waals surface area contributed by atoms with Gasteiger partial charge in [0, 0.05) is 45.1 Å². The van der Waals surface area contributed by atoms with E-state index < -0.39 is 0 Å². The van der Waals surface area contributed by atoms with Crippen LogP contribution in [0.15, 0.2) is 53.5 Å². The predicted octanol–water partition coefficient (Wildman–Crippen LogP) is 3.22. The molecule has 1 saturated heterocycles. The lowest BCUT2D eigenvalue weighted by molar-refractivity contribution is -0.127. The van der Waals surface area contributed by atoms with Crippen LogP contribution in [0.5, 0.6) is 11.5 Å². The van der Waals surface area contributed by atoms with E-state index in [0.717, 1.165) is 56.5 Å². The summed E-state index contributed by atoms with van der Waals surface area (Å²) in [5, 5.41) is 6.70. The van der Waals surface area contributed by atoms with Crippen molar-refractivity contribution in [1.29, 1.82) is 0 Å². The number of amides is 1. The Kier molecular flexibility index (Phi) is 9.65. The van der Waals surface area contributed by atoms with Gasteiger partial charge in [-0.1, -0.05) is 36.4 Å². The van der Waals surface area contributed by atoms with Gasteiger partial charge in [0.2, 0.25) is 12.7 Å². The lowest BCUT2D eigenvalue weighted by Gasteiger charge is -2.16. The fourth-order valence-corrected chi connectivity index (χ4v) is 4.08. The molecular weight excluding hydrogens is 531 g/mol. The van der Waals surface area contributed by atoms with E-state index >= 15 is 0 Å². The van der Waals surface area contributed by atoms with Crippen molar-refractivity contribution in [2.75, 3.05) is 39.5 Å². The molecule has 2 aliphatic heterocycles. The molecule has 0 spiro atoms. The number of hydrogen-bond donors (Lipinski definition) is 2. The van der Waals surface area contributed by atoms with Gasteiger partial charge in [-0.2, -0.15) is 0 Å². The quantitative estimate of drug-likeness (QED) is 0.278. The summed E-state index contributed by atoms with van der Waals surface area (Å²) in [7, 11) is 0. The molecule has 2 aromatic rings. The molecule has 1 atom stereocenters. The molecule has 0 bridgehead atoms. The van der Waals surface area contributed by atoms with Gasteiger partial charge in [0.05, 0.1) is 0 Å². The summed E-state index contributed by atoms with van der Waals surface area (Å²) in [5.74, 6) is 2.92. The number of halogens is 1. The Morgan fingerprint density at radius 3 is 2.70 bits per heavy atom. The molecule has 0 radical (unpaired) electrons. The first-order chi connectivity index (χ1) is 15.7. The molecule has 0 aliphatic carbocycles. The molecule has 2 heterocycles. The zero-order chi connectivity index (χ0) is 22.2. The minimum absolute atomic E-state index is 0. The Hall–Kier alpha value is -2.49. The zero-order valence-electron chi connectivity index (χ0n) is 19.1. The Morgan fingerprint density at radius 2 is 1.88 bits per heavy atom. The highest BCUT2D eigenvalue weighted by atomic mass is 127. The number of nitrogens with one attached hydrogen (secondary N) is 2. The summed E-state index contributed by atoms with van der Waals surface area (Å²) >= 11 is 0. The van der Waals surface area contributed by atoms with Crippen LogP contribution in [-0.2, 0) is 17.6 Å². The van der Waals surface area contributed by atoms with Crippen molar-refractivity contribution in [2.45, 2.75) is 26.2 Å². The van der Waals surface area contributed by atoms with Gasteiger partial charge in [0.15, 0.2) is 17.5 Å². The van der Waals surface area contributed by atoms with Gasteiger partial charge in [-0.15, -0.1) is 24.0 Å². The average molecular weight is 564 g/mol. The number of carbonyl (C=O) groups excluding carboxylic acids is 1. The van der Waals surface area contributed by atoms with Crippen LogP contribution >= 0.6 is 24.0 Å². The third-order valence-electron chi connectivity index (χ3n) is 5.80. The number of carbonyl (C=O) groups is 1. The standard InChI is InChI=1S/C25H32N4O3.HI/c1-2-26-25(27-12-10-20-8-9-22-23(14-20)32-18-31-22)28-16-21-15-24(30)29(17-21)13-11-19-6-4-3-5-7-19;/h3-9,14,21H,2,10-13,15-18H2,1H3,(H2,26,27,28);1H.